The number of halogens is 3. The molecule has 0 saturated carbocycles. The number of amides is 2. The molecule has 45 heavy (non-hydrogen) atoms. The van der Waals surface area contributed by atoms with Gasteiger partial charge in [-0.2, -0.15) is 0 Å². The number of unbranched alkanes of at least 4 members (excludes halogenated alkanes) is 1. The van der Waals surface area contributed by atoms with Gasteiger partial charge < -0.3 is 10.2 Å². The van der Waals surface area contributed by atoms with Crippen LogP contribution in [-0.4, -0.2) is 44.3 Å². The van der Waals surface area contributed by atoms with Crippen LogP contribution in [-0.2, 0) is 32.6 Å². The summed E-state index contributed by atoms with van der Waals surface area (Å²) in [6, 6.07) is 25.8. The van der Waals surface area contributed by atoms with E-state index in [0.717, 1.165) is 22.7 Å². The number of carbonyl (C=O) groups excluding carboxylic acids is 2. The molecule has 0 heterocycles. The predicted molar refractivity (Wildman–Crippen MR) is 176 cm³/mol. The van der Waals surface area contributed by atoms with E-state index in [0.29, 0.717) is 12.1 Å². The molecule has 0 aliphatic rings. The summed E-state index contributed by atoms with van der Waals surface area (Å²) in [5.74, 6) is -1.47. The fourth-order valence-corrected chi connectivity index (χ4v) is 6.45. The Morgan fingerprint density at radius 3 is 2.11 bits per heavy atom. The van der Waals surface area contributed by atoms with Crippen molar-refractivity contribution in [3.63, 3.8) is 0 Å². The van der Waals surface area contributed by atoms with Gasteiger partial charge in [0.25, 0.3) is 10.0 Å². The van der Waals surface area contributed by atoms with Gasteiger partial charge >= 0.3 is 0 Å². The van der Waals surface area contributed by atoms with Gasteiger partial charge in [0.15, 0.2) is 0 Å². The molecule has 236 valence electrons. The number of benzene rings is 4. The second kappa shape index (κ2) is 15.9. The normalized spacial score (nSPS) is 11.9. The number of hydrogen-bond donors (Lipinski definition) is 1. The molecule has 0 bridgehead atoms. The molecule has 0 saturated heterocycles. The van der Waals surface area contributed by atoms with Gasteiger partial charge in [0, 0.05) is 19.5 Å². The number of sulfonamides is 1. The van der Waals surface area contributed by atoms with Crippen LogP contribution < -0.4 is 9.62 Å². The second-order valence-electron chi connectivity index (χ2n) is 10.4. The monoisotopic (exact) mass is 669 g/mol. The minimum absolute atomic E-state index is 0.0351. The maximum atomic E-state index is 14.4. The Bertz CT molecular complexity index is 1690. The molecule has 0 fully saturated rings. The third-order valence-electron chi connectivity index (χ3n) is 7.17. The van der Waals surface area contributed by atoms with Gasteiger partial charge in [0.1, 0.15) is 18.4 Å². The zero-order valence-electron chi connectivity index (χ0n) is 24.7. The number of carbonyl (C=O) groups is 2. The molecule has 4 rings (SSSR count). The van der Waals surface area contributed by atoms with E-state index < -0.39 is 34.3 Å². The highest BCUT2D eigenvalue weighted by atomic mass is 35.5. The summed E-state index contributed by atoms with van der Waals surface area (Å²) in [4.78, 5) is 29.5. The van der Waals surface area contributed by atoms with Gasteiger partial charge in [0.05, 0.1) is 20.6 Å². The van der Waals surface area contributed by atoms with Gasteiger partial charge in [-0.1, -0.05) is 97.2 Å². The van der Waals surface area contributed by atoms with Crippen molar-refractivity contribution in [1.82, 2.24) is 10.2 Å². The summed E-state index contributed by atoms with van der Waals surface area (Å²) in [5, 5.41) is 3.26. The zero-order valence-corrected chi connectivity index (χ0v) is 27.0. The molecule has 11 heteroatoms. The number of rotatable bonds is 14. The zero-order chi connectivity index (χ0) is 32.4. The minimum Gasteiger partial charge on any atom is -0.354 e. The molecular weight excluding hydrogens is 636 g/mol. The van der Waals surface area contributed by atoms with Crippen LogP contribution in [0, 0.1) is 5.82 Å². The molecule has 0 spiro atoms. The number of nitrogens with one attached hydrogen (secondary N) is 1. The van der Waals surface area contributed by atoms with Crippen molar-refractivity contribution in [2.45, 2.75) is 43.7 Å². The molecule has 0 aromatic heterocycles. The van der Waals surface area contributed by atoms with Crippen LogP contribution in [0.15, 0.2) is 108 Å². The Labute approximate surface area is 273 Å². The molecule has 2 amide bonds. The molecule has 0 aliphatic heterocycles. The van der Waals surface area contributed by atoms with Gasteiger partial charge in [0.2, 0.25) is 11.8 Å². The van der Waals surface area contributed by atoms with Gasteiger partial charge in [-0.05, 0) is 60.0 Å². The lowest BCUT2D eigenvalue weighted by Crippen LogP contribution is -2.53. The van der Waals surface area contributed by atoms with Crippen molar-refractivity contribution >= 4 is 50.7 Å². The molecule has 4 aromatic carbocycles. The largest absolute Gasteiger partial charge is 0.354 e. The molecule has 4 aromatic rings. The van der Waals surface area contributed by atoms with Crippen LogP contribution in [0.4, 0.5) is 10.1 Å². The van der Waals surface area contributed by atoms with Crippen molar-refractivity contribution in [3.05, 3.63) is 130 Å². The van der Waals surface area contributed by atoms with Crippen molar-refractivity contribution in [3.8, 4) is 0 Å². The Morgan fingerprint density at radius 2 is 1.49 bits per heavy atom. The lowest BCUT2D eigenvalue weighted by Gasteiger charge is -2.34. The highest BCUT2D eigenvalue weighted by molar-refractivity contribution is 7.92. The van der Waals surface area contributed by atoms with Crippen LogP contribution in [0.2, 0.25) is 10.0 Å². The van der Waals surface area contributed by atoms with E-state index in [9.17, 15) is 22.4 Å². The van der Waals surface area contributed by atoms with Gasteiger partial charge in [-0.15, -0.1) is 0 Å². The molecule has 1 atom stereocenters. The van der Waals surface area contributed by atoms with Crippen LogP contribution in [0.5, 0.6) is 0 Å². The number of hydrogen-bond acceptors (Lipinski definition) is 4. The van der Waals surface area contributed by atoms with E-state index in [1.165, 1.54) is 59.5 Å². The maximum absolute atomic E-state index is 14.4. The van der Waals surface area contributed by atoms with Gasteiger partial charge in [-0.25, -0.2) is 12.8 Å². The van der Waals surface area contributed by atoms with Crippen molar-refractivity contribution in [1.29, 1.82) is 0 Å². The Hall–Kier alpha value is -3.92. The highest BCUT2D eigenvalue weighted by Crippen LogP contribution is 2.31. The SMILES string of the molecule is CCCCNC(=O)C(Cc1ccccc1)N(Cc1ccc(F)cc1)C(=O)CN(c1ccc(Cl)c(Cl)c1)S(=O)(=O)c1ccccc1. The molecule has 7 nitrogen and oxygen atoms in total. The minimum atomic E-state index is -4.28. The lowest BCUT2D eigenvalue weighted by molar-refractivity contribution is -0.140. The Kier molecular flexibility index (Phi) is 12.0. The van der Waals surface area contributed by atoms with Crippen molar-refractivity contribution in [2.24, 2.45) is 0 Å². The summed E-state index contributed by atoms with van der Waals surface area (Å²) in [6.07, 6.45) is 1.78. The maximum Gasteiger partial charge on any atom is 0.264 e. The topological polar surface area (TPSA) is 86.8 Å². The van der Waals surface area contributed by atoms with Gasteiger partial charge in [-0.3, -0.25) is 13.9 Å². The second-order valence-corrected chi connectivity index (χ2v) is 13.1. The Morgan fingerprint density at radius 1 is 0.844 bits per heavy atom. The first-order valence-corrected chi connectivity index (χ1v) is 16.7. The first-order valence-electron chi connectivity index (χ1n) is 14.5. The van der Waals surface area contributed by atoms with Crippen LogP contribution in [0.3, 0.4) is 0 Å². The fraction of sp³-hybridized carbons (Fsp3) is 0.235. The summed E-state index contributed by atoms with van der Waals surface area (Å²) >= 11 is 12.4. The molecular formula is C34H34Cl2FN3O4S. The summed E-state index contributed by atoms with van der Waals surface area (Å²) in [6.45, 7) is 1.70. The number of nitrogens with zero attached hydrogens (tertiary/aromatic N) is 2. The third-order valence-corrected chi connectivity index (χ3v) is 9.70. The summed E-state index contributed by atoms with van der Waals surface area (Å²) < 4.78 is 42.8. The first kappa shape index (κ1) is 34.0. The third kappa shape index (κ3) is 9.06. The molecule has 0 aliphatic carbocycles. The highest BCUT2D eigenvalue weighted by Gasteiger charge is 2.34. The first-order chi connectivity index (χ1) is 21.6. The van der Waals surface area contributed by atoms with Crippen LogP contribution >= 0.6 is 23.2 Å². The van der Waals surface area contributed by atoms with E-state index in [1.54, 1.807) is 18.2 Å². The van der Waals surface area contributed by atoms with E-state index in [4.69, 9.17) is 23.2 Å². The smallest absolute Gasteiger partial charge is 0.264 e. The van der Waals surface area contributed by atoms with E-state index in [2.05, 4.69) is 5.32 Å². The quantitative estimate of drug-likeness (QED) is 0.148. The standard InChI is InChI=1S/C34H34Cl2FN3O4S/c1-2-3-20-38-34(42)32(21-25-10-6-4-7-11-25)39(23-26-14-16-27(37)17-15-26)33(41)24-40(28-18-19-30(35)31(36)22-28)45(43,44)29-12-8-5-9-13-29/h4-19,22,32H,2-3,20-21,23-24H2,1H3,(H,38,42). The van der Waals surface area contributed by atoms with Crippen molar-refractivity contribution in [2.75, 3.05) is 17.4 Å². The van der Waals surface area contributed by atoms with E-state index in [1.807, 2.05) is 37.3 Å². The van der Waals surface area contributed by atoms with E-state index in [-0.39, 0.29) is 39.5 Å². The van der Waals surface area contributed by atoms with Crippen molar-refractivity contribution < 1.29 is 22.4 Å². The number of anilines is 1. The fourth-order valence-electron chi connectivity index (χ4n) is 4.74. The molecule has 1 N–H and O–H groups in total. The Balaban J connectivity index is 1.79. The average Bonchev–Trinajstić information content (AvgIpc) is 3.04. The summed E-state index contributed by atoms with van der Waals surface area (Å²) in [7, 11) is -4.28. The van der Waals surface area contributed by atoms with Crippen LogP contribution in [0.1, 0.15) is 30.9 Å². The van der Waals surface area contributed by atoms with E-state index >= 15 is 0 Å². The summed E-state index contributed by atoms with van der Waals surface area (Å²) in [5.41, 5.74) is 1.50. The van der Waals surface area contributed by atoms with Crippen LogP contribution in [0.25, 0.3) is 0 Å². The molecule has 1 unspecified atom stereocenters. The average molecular weight is 671 g/mol. The predicted octanol–water partition coefficient (Wildman–Crippen LogP) is 6.88. The lowest BCUT2D eigenvalue weighted by atomic mass is 10.0. The molecule has 0 radical (unpaired) electrons.